The zero-order valence-electron chi connectivity index (χ0n) is 13.5. The van der Waals surface area contributed by atoms with E-state index in [4.69, 9.17) is 9.15 Å². The highest BCUT2D eigenvalue weighted by atomic mass is 16.5. The quantitative estimate of drug-likeness (QED) is 0.776. The molecule has 6 nitrogen and oxygen atoms in total. The van der Waals surface area contributed by atoms with E-state index in [0.29, 0.717) is 31.3 Å². The molecule has 1 aliphatic rings. The maximum absolute atomic E-state index is 12.0. The highest BCUT2D eigenvalue weighted by Gasteiger charge is 2.21. The van der Waals surface area contributed by atoms with Crippen molar-refractivity contribution in [3.63, 3.8) is 0 Å². The van der Waals surface area contributed by atoms with Crippen molar-refractivity contribution in [1.82, 2.24) is 10.3 Å². The predicted octanol–water partition coefficient (Wildman–Crippen LogP) is 2.96. The summed E-state index contributed by atoms with van der Waals surface area (Å²) in [5.41, 5.74) is 2.67. The molecule has 1 N–H and O–H groups in total. The summed E-state index contributed by atoms with van der Waals surface area (Å²) >= 11 is 0. The van der Waals surface area contributed by atoms with Crippen molar-refractivity contribution in [2.24, 2.45) is 0 Å². The Kier molecular flexibility index (Phi) is 4.08. The maximum Gasteiger partial charge on any atom is 0.254 e. The van der Waals surface area contributed by atoms with Gasteiger partial charge in [-0.1, -0.05) is 12.1 Å². The second-order valence-electron chi connectivity index (χ2n) is 5.75. The fourth-order valence-corrected chi connectivity index (χ4v) is 2.82. The largest absolute Gasteiger partial charge is 0.469 e. The van der Waals surface area contributed by atoms with Crippen molar-refractivity contribution in [3.05, 3.63) is 77.9 Å². The zero-order valence-corrected chi connectivity index (χ0v) is 13.5. The molecule has 25 heavy (non-hydrogen) atoms. The maximum atomic E-state index is 12.0. The van der Waals surface area contributed by atoms with E-state index in [1.807, 2.05) is 48.5 Å². The average Bonchev–Trinajstić information content (AvgIpc) is 3.17. The van der Waals surface area contributed by atoms with Crippen LogP contribution in [0.2, 0.25) is 0 Å². The highest BCUT2D eigenvalue weighted by Crippen LogP contribution is 2.25. The molecule has 0 unspecified atom stereocenters. The van der Waals surface area contributed by atoms with Gasteiger partial charge in [-0.25, -0.2) is 4.98 Å². The average molecular weight is 335 g/mol. The fraction of sp³-hybridized carbons (Fsp3) is 0.158. The van der Waals surface area contributed by atoms with Gasteiger partial charge in [-0.2, -0.15) is 0 Å². The lowest BCUT2D eigenvalue weighted by atomic mass is 10.1. The number of benzene rings is 1. The number of hydrogen-bond acceptors (Lipinski definition) is 5. The molecule has 0 atom stereocenters. The third kappa shape index (κ3) is 3.33. The first-order valence-electron chi connectivity index (χ1n) is 8.02. The van der Waals surface area contributed by atoms with Crippen molar-refractivity contribution >= 4 is 11.6 Å². The van der Waals surface area contributed by atoms with Crippen LogP contribution in [0.1, 0.15) is 21.7 Å². The van der Waals surface area contributed by atoms with Gasteiger partial charge in [0.05, 0.1) is 24.2 Å². The van der Waals surface area contributed by atoms with Crippen molar-refractivity contribution in [3.8, 4) is 5.88 Å². The molecule has 0 spiro atoms. The van der Waals surface area contributed by atoms with E-state index in [9.17, 15) is 4.79 Å². The second-order valence-corrected chi connectivity index (χ2v) is 5.75. The van der Waals surface area contributed by atoms with Crippen molar-refractivity contribution in [2.45, 2.75) is 13.2 Å². The van der Waals surface area contributed by atoms with Gasteiger partial charge in [0.25, 0.3) is 5.91 Å². The highest BCUT2D eigenvalue weighted by molar-refractivity contribution is 6.01. The van der Waals surface area contributed by atoms with Gasteiger partial charge in [0, 0.05) is 18.8 Å². The summed E-state index contributed by atoms with van der Waals surface area (Å²) in [7, 11) is 0. The van der Waals surface area contributed by atoms with Gasteiger partial charge >= 0.3 is 0 Å². The Balaban J connectivity index is 1.49. The number of pyridine rings is 1. The van der Waals surface area contributed by atoms with Crippen LogP contribution in [0.4, 0.5) is 5.69 Å². The molecule has 0 aliphatic carbocycles. The van der Waals surface area contributed by atoms with Crippen LogP contribution in [0, 0.1) is 0 Å². The fourth-order valence-electron chi connectivity index (χ4n) is 2.82. The van der Waals surface area contributed by atoms with E-state index in [1.54, 1.807) is 12.5 Å². The molecule has 3 aromatic rings. The second kappa shape index (κ2) is 6.68. The topological polar surface area (TPSA) is 67.6 Å². The van der Waals surface area contributed by atoms with Crippen LogP contribution in [0.5, 0.6) is 5.88 Å². The summed E-state index contributed by atoms with van der Waals surface area (Å²) in [6, 6.07) is 15.1. The summed E-state index contributed by atoms with van der Waals surface area (Å²) in [6.07, 6.45) is 3.34. The van der Waals surface area contributed by atoms with Crippen LogP contribution in [0.3, 0.4) is 0 Å². The van der Waals surface area contributed by atoms with E-state index >= 15 is 0 Å². The molecule has 2 aromatic heterocycles. The van der Waals surface area contributed by atoms with Crippen LogP contribution in [-0.4, -0.2) is 17.6 Å². The summed E-state index contributed by atoms with van der Waals surface area (Å²) in [4.78, 5) is 18.3. The third-order valence-electron chi connectivity index (χ3n) is 4.03. The van der Waals surface area contributed by atoms with E-state index in [2.05, 4.69) is 15.2 Å². The number of ether oxygens (including phenoxy) is 1. The number of furan rings is 1. The summed E-state index contributed by atoms with van der Waals surface area (Å²) in [5, 5.41) is 2.89. The summed E-state index contributed by atoms with van der Waals surface area (Å²) in [5.74, 6) is 1.26. The summed E-state index contributed by atoms with van der Waals surface area (Å²) < 4.78 is 10.9. The molecule has 126 valence electrons. The Hall–Kier alpha value is -3.28. The number of rotatable bonds is 5. The Morgan fingerprint density at radius 3 is 3.00 bits per heavy atom. The molecule has 1 aromatic carbocycles. The van der Waals surface area contributed by atoms with Gasteiger partial charge in [0.15, 0.2) is 0 Å². The van der Waals surface area contributed by atoms with Crippen molar-refractivity contribution in [2.75, 3.05) is 11.6 Å². The Morgan fingerprint density at radius 1 is 1.20 bits per heavy atom. The monoisotopic (exact) mass is 335 g/mol. The molecule has 6 heteroatoms. The van der Waals surface area contributed by atoms with Crippen LogP contribution in [0.15, 0.2) is 65.4 Å². The SMILES string of the molecule is O=C1NCN(Cc2ccnc(OCc3ccco3)c2)c2ccccc21. The molecular formula is C19H17N3O3. The minimum atomic E-state index is -0.0379. The number of para-hydroxylation sites is 1. The number of fused-ring (bicyclic) bond motifs is 1. The minimum absolute atomic E-state index is 0.0379. The molecule has 0 radical (unpaired) electrons. The van der Waals surface area contributed by atoms with E-state index in [1.165, 1.54) is 0 Å². The van der Waals surface area contributed by atoms with E-state index < -0.39 is 0 Å². The lowest BCUT2D eigenvalue weighted by Gasteiger charge is -2.31. The van der Waals surface area contributed by atoms with Gasteiger partial charge in [0.2, 0.25) is 5.88 Å². The molecule has 3 heterocycles. The Bertz CT molecular complexity index is 877. The number of hydrogen-bond donors (Lipinski definition) is 1. The number of nitrogens with zero attached hydrogens (tertiary/aromatic N) is 2. The first-order chi connectivity index (χ1) is 12.3. The van der Waals surface area contributed by atoms with Crippen molar-refractivity contribution < 1.29 is 13.9 Å². The van der Waals surface area contributed by atoms with Gasteiger partial charge < -0.3 is 19.4 Å². The van der Waals surface area contributed by atoms with Gasteiger partial charge in [-0.15, -0.1) is 0 Å². The minimum Gasteiger partial charge on any atom is -0.469 e. The zero-order chi connectivity index (χ0) is 17.1. The normalized spacial score (nSPS) is 13.3. The van der Waals surface area contributed by atoms with Gasteiger partial charge in [-0.3, -0.25) is 4.79 Å². The number of amides is 1. The number of nitrogens with one attached hydrogen (secondary N) is 1. The van der Waals surface area contributed by atoms with E-state index in [-0.39, 0.29) is 5.91 Å². The number of aromatic nitrogens is 1. The molecule has 1 amide bonds. The predicted molar refractivity (Wildman–Crippen MR) is 92.2 cm³/mol. The smallest absolute Gasteiger partial charge is 0.254 e. The van der Waals surface area contributed by atoms with Crippen LogP contribution >= 0.6 is 0 Å². The molecule has 0 saturated heterocycles. The molecule has 4 rings (SSSR count). The number of carbonyl (C=O) groups is 1. The molecule has 0 fully saturated rings. The van der Waals surface area contributed by atoms with Gasteiger partial charge in [0.1, 0.15) is 12.4 Å². The lowest BCUT2D eigenvalue weighted by Crippen LogP contribution is -2.42. The number of anilines is 1. The van der Waals surface area contributed by atoms with Crippen LogP contribution in [0.25, 0.3) is 0 Å². The third-order valence-corrected chi connectivity index (χ3v) is 4.03. The van der Waals surface area contributed by atoms with Gasteiger partial charge in [-0.05, 0) is 35.9 Å². The van der Waals surface area contributed by atoms with Crippen molar-refractivity contribution in [1.29, 1.82) is 0 Å². The standard InChI is InChI=1S/C19H17N3O3/c23-19-16-5-1-2-6-17(16)22(13-21-19)11-14-7-8-20-18(10-14)25-12-15-4-3-9-24-15/h1-10H,11-13H2,(H,21,23). The molecular weight excluding hydrogens is 318 g/mol. The molecule has 0 bridgehead atoms. The van der Waals surface area contributed by atoms with Crippen LogP contribution in [-0.2, 0) is 13.2 Å². The summed E-state index contributed by atoms with van der Waals surface area (Å²) in [6.45, 7) is 1.46. The first kappa shape index (κ1) is 15.3. The molecule has 1 aliphatic heterocycles. The number of carbonyl (C=O) groups excluding carboxylic acids is 1. The Labute approximate surface area is 145 Å². The van der Waals surface area contributed by atoms with E-state index in [0.717, 1.165) is 17.0 Å². The lowest BCUT2D eigenvalue weighted by molar-refractivity contribution is 0.0947. The molecule has 0 saturated carbocycles. The first-order valence-corrected chi connectivity index (χ1v) is 8.02. The van der Waals surface area contributed by atoms with Crippen LogP contribution < -0.4 is 15.0 Å². The Morgan fingerprint density at radius 2 is 2.12 bits per heavy atom.